The summed E-state index contributed by atoms with van der Waals surface area (Å²) in [7, 11) is 0. The van der Waals surface area contributed by atoms with Gasteiger partial charge in [-0.1, -0.05) is 67.5 Å². The molecule has 7 heteroatoms. The number of nitrogens with zero attached hydrogens (tertiary/aromatic N) is 3. The summed E-state index contributed by atoms with van der Waals surface area (Å²) in [5, 5.41) is 19.5. The molecule has 4 aliphatic heterocycles. The summed E-state index contributed by atoms with van der Waals surface area (Å²) in [5.74, 6) is -1.09. The summed E-state index contributed by atoms with van der Waals surface area (Å²) < 4.78 is 3.30. The number of hydrogen-bond donors (Lipinski definition) is 2. The van der Waals surface area contributed by atoms with E-state index in [-0.39, 0.29) is 29.0 Å². The van der Waals surface area contributed by atoms with Crippen LogP contribution >= 0.6 is 0 Å². The summed E-state index contributed by atoms with van der Waals surface area (Å²) in [6.07, 6.45) is 19.6. The molecule has 3 aromatic rings. The molecule has 0 saturated carbocycles. The lowest BCUT2D eigenvalue weighted by Gasteiger charge is -2.32. The van der Waals surface area contributed by atoms with Gasteiger partial charge >= 0.3 is 5.97 Å². The fourth-order valence-corrected chi connectivity index (χ4v) is 8.41. The van der Waals surface area contributed by atoms with E-state index in [9.17, 15) is 15.0 Å². The average molecular weight is 633 g/mol. The van der Waals surface area contributed by atoms with Crippen molar-refractivity contribution >= 4 is 23.1 Å². The molecule has 0 saturated heterocycles. The molecule has 0 amide bonds. The van der Waals surface area contributed by atoms with Crippen molar-refractivity contribution in [2.75, 3.05) is 18.0 Å². The highest BCUT2D eigenvalue weighted by Crippen LogP contribution is 2.53. The van der Waals surface area contributed by atoms with Crippen LogP contribution in [-0.4, -0.2) is 44.3 Å². The van der Waals surface area contributed by atoms with Gasteiger partial charge in [-0.05, 0) is 70.1 Å². The summed E-state index contributed by atoms with van der Waals surface area (Å²) in [4.78, 5) is 20.0. The maximum atomic E-state index is 12.3. The molecule has 2 aromatic carbocycles. The number of allylic oxidation sites excluding steroid dienone is 6. The molecule has 47 heavy (non-hydrogen) atoms. The van der Waals surface area contributed by atoms with Gasteiger partial charge in [-0.25, -0.2) is 4.79 Å². The first kappa shape index (κ1) is 31.1. The number of unbranched alkanes of at least 4 members (excludes halogenated alkanes) is 2. The fourth-order valence-electron chi connectivity index (χ4n) is 8.41. The number of rotatable bonds is 10. The van der Waals surface area contributed by atoms with Gasteiger partial charge in [0.1, 0.15) is 6.54 Å². The minimum absolute atomic E-state index is 0.0169. The number of hydrogen-bond acceptors (Lipinski definition) is 5. The third kappa shape index (κ3) is 5.39. The minimum atomic E-state index is -0.478. The van der Waals surface area contributed by atoms with E-state index in [4.69, 9.17) is 4.84 Å². The minimum Gasteiger partial charge on any atom is -0.492 e. The molecule has 0 bridgehead atoms. The lowest BCUT2D eigenvalue weighted by atomic mass is 9.76. The molecule has 0 fully saturated rings. The van der Waals surface area contributed by atoms with Crippen LogP contribution in [-0.2, 0) is 28.5 Å². The van der Waals surface area contributed by atoms with Gasteiger partial charge in [0.05, 0.1) is 5.41 Å². The first-order valence-corrected chi connectivity index (χ1v) is 17.2. The van der Waals surface area contributed by atoms with E-state index in [0.717, 1.165) is 56.3 Å². The Morgan fingerprint density at radius 3 is 2.45 bits per heavy atom. The topological polar surface area (TPSA) is 77.9 Å². The van der Waals surface area contributed by atoms with Gasteiger partial charge in [0.2, 0.25) is 17.4 Å². The number of benzene rings is 2. The fraction of sp³-hybridized carbons (Fsp3) is 0.400. The van der Waals surface area contributed by atoms with Crippen LogP contribution in [0.4, 0.5) is 11.4 Å². The zero-order chi connectivity index (χ0) is 32.8. The quantitative estimate of drug-likeness (QED) is 0.137. The number of para-hydroxylation sites is 2. The van der Waals surface area contributed by atoms with Crippen LogP contribution < -0.4 is 9.74 Å². The number of aromatic hydroxyl groups is 2. The summed E-state index contributed by atoms with van der Waals surface area (Å²) in [6.45, 7) is 9.19. The number of aromatic nitrogens is 1. The van der Waals surface area contributed by atoms with E-state index >= 15 is 0 Å². The van der Waals surface area contributed by atoms with Crippen LogP contribution in [0.2, 0.25) is 0 Å². The first-order chi connectivity index (χ1) is 22.7. The molecule has 4 aliphatic rings. The SMILES string of the molecule is CC1(C)C(C=CC=CC=C2N3CCCc4cccc(c43)C2(C)CCCCCC(=O)On2c(O)ccc2O)=[N+]2CCCc3cccc1c32. The van der Waals surface area contributed by atoms with Crippen molar-refractivity contribution in [3.8, 4) is 11.8 Å². The Bertz CT molecular complexity index is 1820. The van der Waals surface area contributed by atoms with E-state index < -0.39 is 5.97 Å². The lowest BCUT2D eigenvalue weighted by Crippen LogP contribution is -2.31. The molecule has 2 N–H and O–H groups in total. The Balaban J connectivity index is 1.06. The van der Waals surface area contributed by atoms with Gasteiger partial charge in [-0.15, -0.1) is 4.73 Å². The molecular weight excluding hydrogens is 586 g/mol. The van der Waals surface area contributed by atoms with Gasteiger partial charge < -0.3 is 20.0 Å². The highest BCUT2D eigenvalue weighted by Gasteiger charge is 2.47. The number of carbonyl (C=O) groups excluding carboxylic acids is 1. The molecule has 0 spiro atoms. The molecule has 1 aromatic heterocycles. The highest BCUT2D eigenvalue weighted by molar-refractivity contribution is 6.03. The van der Waals surface area contributed by atoms with Crippen molar-refractivity contribution < 1.29 is 24.4 Å². The predicted molar refractivity (Wildman–Crippen MR) is 186 cm³/mol. The van der Waals surface area contributed by atoms with Crippen LogP contribution in [0.5, 0.6) is 11.8 Å². The van der Waals surface area contributed by atoms with Gasteiger partial charge in [0, 0.05) is 65.5 Å². The van der Waals surface area contributed by atoms with Crippen LogP contribution in [0.25, 0.3) is 0 Å². The van der Waals surface area contributed by atoms with Crippen LogP contribution in [0.15, 0.2) is 84.6 Å². The van der Waals surface area contributed by atoms with E-state index in [0.29, 0.717) is 6.42 Å². The van der Waals surface area contributed by atoms with Gasteiger partial charge in [-0.3, -0.25) is 0 Å². The lowest BCUT2D eigenvalue weighted by molar-refractivity contribution is -0.443. The summed E-state index contributed by atoms with van der Waals surface area (Å²) in [6, 6.07) is 16.2. The highest BCUT2D eigenvalue weighted by atomic mass is 16.7. The van der Waals surface area contributed by atoms with E-state index in [1.54, 1.807) is 0 Å². The Hall–Kier alpha value is -4.52. The number of carbonyl (C=O) groups is 1. The molecule has 7 nitrogen and oxygen atoms in total. The third-order valence-corrected chi connectivity index (χ3v) is 10.8. The summed E-state index contributed by atoms with van der Waals surface area (Å²) >= 11 is 0. The maximum Gasteiger partial charge on any atom is 0.333 e. The second-order valence-corrected chi connectivity index (χ2v) is 14.1. The second kappa shape index (κ2) is 12.3. The van der Waals surface area contributed by atoms with Crippen molar-refractivity contribution in [2.24, 2.45) is 0 Å². The second-order valence-electron chi connectivity index (χ2n) is 14.1. The first-order valence-electron chi connectivity index (χ1n) is 17.2. The Labute approximate surface area is 277 Å². The van der Waals surface area contributed by atoms with Crippen LogP contribution in [0, 0.1) is 0 Å². The van der Waals surface area contributed by atoms with E-state index in [2.05, 4.69) is 97.0 Å². The third-order valence-electron chi connectivity index (χ3n) is 10.8. The van der Waals surface area contributed by atoms with E-state index in [1.807, 2.05) is 0 Å². The van der Waals surface area contributed by atoms with Crippen molar-refractivity contribution in [3.63, 3.8) is 0 Å². The predicted octanol–water partition coefficient (Wildman–Crippen LogP) is 7.55. The monoisotopic (exact) mass is 632 g/mol. The van der Waals surface area contributed by atoms with Crippen LogP contribution in [0.3, 0.4) is 0 Å². The average Bonchev–Trinajstić information content (AvgIpc) is 3.59. The maximum absolute atomic E-state index is 12.3. The van der Waals surface area contributed by atoms with Crippen molar-refractivity contribution in [3.05, 3.63) is 107 Å². The Morgan fingerprint density at radius 1 is 0.894 bits per heavy atom. The van der Waals surface area contributed by atoms with E-state index in [1.165, 1.54) is 63.6 Å². The summed E-state index contributed by atoms with van der Waals surface area (Å²) in [5.41, 5.74) is 11.2. The van der Waals surface area contributed by atoms with Crippen LogP contribution in [0.1, 0.15) is 88.0 Å². The molecular formula is C40H46N3O4+. The Kier molecular flexibility index (Phi) is 8.11. The largest absolute Gasteiger partial charge is 0.492 e. The molecule has 0 aliphatic carbocycles. The van der Waals surface area contributed by atoms with Gasteiger partial charge in [-0.2, -0.15) is 4.58 Å². The van der Waals surface area contributed by atoms with Crippen molar-refractivity contribution in [1.29, 1.82) is 0 Å². The molecule has 244 valence electrons. The zero-order valence-electron chi connectivity index (χ0n) is 27.8. The molecule has 0 radical (unpaired) electrons. The molecule has 5 heterocycles. The molecule has 7 rings (SSSR count). The van der Waals surface area contributed by atoms with Crippen molar-refractivity contribution in [2.45, 2.75) is 89.4 Å². The zero-order valence-corrected chi connectivity index (χ0v) is 27.8. The van der Waals surface area contributed by atoms with Gasteiger partial charge in [0.25, 0.3) is 0 Å². The normalized spacial score (nSPS) is 21.7. The van der Waals surface area contributed by atoms with Crippen molar-refractivity contribution in [1.82, 2.24) is 4.73 Å². The number of aryl methyl sites for hydroxylation is 2. The Morgan fingerprint density at radius 2 is 1.64 bits per heavy atom. The molecule has 1 unspecified atom stereocenters. The smallest absolute Gasteiger partial charge is 0.333 e. The molecule has 1 atom stereocenters. The van der Waals surface area contributed by atoms with Gasteiger partial charge in [0.15, 0.2) is 5.71 Å². The number of anilines is 1. The standard InChI is InChI=1S/C40H45N3O4/c1-39(2)30-18-10-14-28-16-12-26-41(37(28)30)32(39)20-6-4-7-21-33-40(3,31-19-11-15-29-17-13-27-42(33)38(29)31)25-9-5-8-22-36(46)47-43-34(44)23-24-35(43)45/h4,6-7,10-11,14-15,18-21,23-24H,5,8-9,12-13,16-17,22,25-27H2,1-3H3,(H-,44,45)/p+1.